The van der Waals surface area contributed by atoms with Gasteiger partial charge in [-0.15, -0.1) is 0 Å². The molecule has 1 fully saturated rings. The molecule has 1 amide bonds. The number of alkyl halides is 2. The molecule has 1 aliphatic rings. The van der Waals surface area contributed by atoms with Gasteiger partial charge in [0.2, 0.25) is 0 Å². The molecular weight excluding hydrogens is 406 g/mol. The van der Waals surface area contributed by atoms with Crippen LogP contribution in [-0.2, 0) is 25.1 Å². The molecule has 8 nitrogen and oxygen atoms in total. The van der Waals surface area contributed by atoms with Crippen LogP contribution in [0, 0.1) is 0 Å². The molecule has 0 atom stereocenters. The van der Waals surface area contributed by atoms with E-state index in [0.29, 0.717) is 49.2 Å². The number of carbonyl (C=O) groups excluding carboxylic acids is 1. The van der Waals surface area contributed by atoms with Crippen LogP contribution in [0.3, 0.4) is 0 Å². The van der Waals surface area contributed by atoms with Gasteiger partial charge in [0, 0.05) is 36.7 Å². The monoisotopic (exact) mass is 426 g/mol. The molecule has 0 radical (unpaired) electrons. The number of nitrogens with one attached hydrogen (secondary N) is 1. The van der Waals surface area contributed by atoms with Gasteiger partial charge < -0.3 is 15.0 Å². The molecule has 1 aromatic heterocycles. The molecule has 0 bridgehead atoms. The molecule has 0 aliphatic carbocycles. The molecule has 29 heavy (non-hydrogen) atoms. The number of sulfone groups is 1. The summed E-state index contributed by atoms with van der Waals surface area (Å²) < 4.78 is 53.6. The maximum absolute atomic E-state index is 12.4. The van der Waals surface area contributed by atoms with Crippen LogP contribution in [0.5, 0.6) is 0 Å². The Bertz CT molecular complexity index is 978. The summed E-state index contributed by atoms with van der Waals surface area (Å²) in [7, 11) is -3.30. The normalized spacial score (nSPS) is 14.8. The van der Waals surface area contributed by atoms with Crippen molar-refractivity contribution >= 4 is 27.2 Å². The Morgan fingerprint density at radius 2 is 1.86 bits per heavy atom. The summed E-state index contributed by atoms with van der Waals surface area (Å²) in [5.74, 6) is -0.729. The number of morpholine rings is 1. The lowest BCUT2D eigenvalue weighted by atomic mass is 10.2. The summed E-state index contributed by atoms with van der Waals surface area (Å²) in [6.07, 6.45) is -1.98. The van der Waals surface area contributed by atoms with Crippen molar-refractivity contribution in [2.75, 3.05) is 42.8 Å². The average molecular weight is 426 g/mol. The zero-order valence-electron chi connectivity index (χ0n) is 15.6. The van der Waals surface area contributed by atoms with Gasteiger partial charge in [-0.3, -0.25) is 4.79 Å². The van der Waals surface area contributed by atoms with Gasteiger partial charge in [0.05, 0.1) is 24.7 Å². The topological polar surface area (TPSA) is 101 Å². The third-order valence-electron chi connectivity index (χ3n) is 4.12. The van der Waals surface area contributed by atoms with Crippen molar-refractivity contribution < 1.29 is 26.7 Å². The summed E-state index contributed by atoms with van der Waals surface area (Å²) >= 11 is 0. The number of anilines is 2. The number of ether oxygens (including phenoxy) is 1. The van der Waals surface area contributed by atoms with E-state index in [9.17, 15) is 22.0 Å². The molecule has 0 spiro atoms. The third-order valence-corrected chi connectivity index (χ3v) is 4.94. The predicted molar refractivity (Wildman–Crippen MR) is 104 cm³/mol. The molecule has 2 aromatic rings. The number of nitrogens with zero attached hydrogens (tertiary/aromatic N) is 3. The Labute approximate surface area is 166 Å². The molecule has 2 heterocycles. The lowest BCUT2D eigenvalue weighted by Crippen LogP contribution is -2.37. The fraction of sp³-hybridized carbons (Fsp3) is 0.389. The van der Waals surface area contributed by atoms with Gasteiger partial charge in [-0.2, -0.15) is 8.78 Å². The van der Waals surface area contributed by atoms with E-state index in [1.807, 2.05) is 4.90 Å². The van der Waals surface area contributed by atoms with Crippen LogP contribution in [-0.4, -0.2) is 63.3 Å². The quantitative estimate of drug-likeness (QED) is 0.751. The van der Waals surface area contributed by atoms with E-state index in [0.717, 1.165) is 6.26 Å². The molecule has 3 rings (SSSR count). The first-order valence-corrected chi connectivity index (χ1v) is 10.9. The lowest BCUT2D eigenvalue weighted by molar-refractivity contribution is -0.126. The van der Waals surface area contributed by atoms with E-state index in [1.165, 1.54) is 12.1 Å². The maximum Gasteiger partial charge on any atom is 0.315 e. The van der Waals surface area contributed by atoms with Crippen molar-refractivity contribution in [3.8, 4) is 11.4 Å². The summed E-state index contributed by atoms with van der Waals surface area (Å²) in [6.45, 7) is 2.32. The van der Waals surface area contributed by atoms with Crippen molar-refractivity contribution in [3.63, 3.8) is 0 Å². The average Bonchev–Trinajstić information content (AvgIpc) is 2.67. The van der Waals surface area contributed by atoms with Gasteiger partial charge in [-0.25, -0.2) is 18.4 Å². The van der Waals surface area contributed by atoms with Crippen LogP contribution >= 0.6 is 0 Å². The number of benzene rings is 1. The molecule has 1 aliphatic heterocycles. The fourth-order valence-corrected chi connectivity index (χ4v) is 3.49. The zero-order valence-corrected chi connectivity index (χ0v) is 16.5. The molecular formula is C18H20F2N4O4S. The first kappa shape index (κ1) is 21.1. The minimum Gasteiger partial charge on any atom is -0.378 e. The second-order valence-corrected chi connectivity index (χ2v) is 8.72. The van der Waals surface area contributed by atoms with Crippen LogP contribution in [0.1, 0.15) is 5.69 Å². The number of carbonyl (C=O) groups is 1. The minimum absolute atomic E-state index is 0.208. The summed E-state index contributed by atoms with van der Waals surface area (Å²) in [5.41, 5.74) is 1.12. The Balaban J connectivity index is 1.92. The first-order valence-electron chi connectivity index (χ1n) is 8.79. The Morgan fingerprint density at radius 3 is 2.45 bits per heavy atom. The van der Waals surface area contributed by atoms with Crippen molar-refractivity contribution in [3.05, 3.63) is 36.0 Å². The van der Waals surface area contributed by atoms with Crippen molar-refractivity contribution in [1.29, 1.82) is 0 Å². The Kier molecular flexibility index (Phi) is 6.38. The first-order chi connectivity index (χ1) is 13.7. The minimum atomic E-state index is -3.30. The van der Waals surface area contributed by atoms with Gasteiger partial charge in [0.15, 0.2) is 15.7 Å². The van der Waals surface area contributed by atoms with E-state index in [2.05, 4.69) is 15.3 Å². The molecule has 1 N–H and O–H groups in total. The molecule has 1 aromatic carbocycles. The number of aromatic nitrogens is 2. The van der Waals surface area contributed by atoms with Gasteiger partial charge in [-0.05, 0) is 24.3 Å². The molecule has 0 saturated carbocycles. The molecule has 11 heteroatoms. The SMILES string of the molecule is CS(=O)(=O)Cc1cc(N2CCOCC2)nc(-c2ccc(NC(=O)C(F)F)cc2)n1. The standard InChI is InChI=1S/C18H20F2N4O4S/c1-29(26,27)11-14-10-15(24-6-8-28-9-7-24)23-17(21-14)12-2-4-13(5-3-12)22-18(25)16(19)20/h2-5,10,16H,6-9,11H2,1H3,(H,22,25). The van der Waals surface area contributed by atoms with Crippen LogP contribution < -0.4 is 10.2 Å². The van der Waals surface area contributed by atoms with Crippen LogP contribution in [0.15, 0.2) is 30.3 Å². The molecule has 156 valence electrons. The van der Waals surface area contributed by atoms with Gasteiger partial charge >= 0.3 is 6.43 Å². The van der Waals surface area contributed by atoms with Crippen LogP contribution in [0.2, 0.25) is 0 Å². The highest BCUT2D eigenvalue weighted by atomic mass is 32.2. The number of hydrogen-bond acceptors (Lipinski definition) is 7. The Hall–Kier alpha value is -2.66. The van der Waals surface area contributed by atoms with Crippen molar-refractivity contribution in [2.24, 2.45) is 0 Å². The highest BCUT2D eigenvalue weighted by Gasteiger charge is 2.18. The molecule has 0 unspecified atom stereocenters. The van der Waals surface area contributed by atoms with Crippen molar-refractivity contribution in [2.45, 2.75) is 12.2 Å². The van der Waals surface area contributed by atoms with E-state index >= 15 is 0 Å². The number of amides is 1. The van der Waals surface area contributed by atoms with E-state index < -0.39 is 22.2 Å². The van der Waals surface area contributed by atoms with Crippen LogP contribution in [0.4, 0.5) is 20.3 Å². The summed E-state index contributed by atoms with van der Waals surface area (Å²) in [4.78, 5) is 22.0. The molecule has 1 saturated heterocycles. The van der Waals surface area contributed by atoms with E-state index in [-0.39, 0.29) is 11.4 Å². The van der Waals surface area contributed by atoms with Crippen LogP contribution in [0.25, 0.3) is 11.4 Å². The van der Waals surface area contributed by atoms with E-state index in [1.54, 1.807) is 18.2 Å². The highest BCUT2D eigenvalue weighted by Crippen LogP contribution is 2.23. The second-order valence-electron chi connectivity index (χ2n) is 6.58. The summed E-state index contributed by atoms with van der Waals surface area (Å²) in [5, 5.41) is 2.09. The smallest absolute Gasteiger partial charge is 0.315 e. The third kappa shape index (κ3) is 5.91. The maximum atomic E-state index is 12.4. The highest BCUT2D eigenvalue weighted by molar-refractivity contribution is 7.89. The largest absolute Gasteiger partial charge is 0.378 e. The number of rotatable bonds is 6. The van der Waals surface area contributed by atoms with Gasteiger partial charge in [0.25, 0.3) is 5.91 Å². The zero-order chi connectivity index (χ0) is 21.0. The number of hydrogen-bond donors (Lipinski definition) is 1. The lowest BCUT2D eigenvalue weighted by Gasteiger charge is -2.28. The van der Waals surface area contributed by atoms with Gasteiger partial charge in [0.1, 0.15) is 5.82 Å². The van der Waals surface area contributed by atoms with E-state index in [4.69, 9.17) is 4.74 Å². The second kappa shape index (κ2) is 8.78. The van der Waals surface area contributed by atoms with Gasteiger partial charge in [-0.1, -0.05) is 0 Å². The predicted octanol–water partition coefficient (Wildman–Crippen LogP) is 1.73. The summed E-state index contributed by atoms with van der Waals surface area (Å²) in [6, 6.07) is 7.70. The Morgan fingerprint density at radius 1 is 1.21 bits per heavy atom. The fourth-order valence-electron chi connectivity index (χ4n) is 2.81. The van der Waals surface area contributed by atoms with Crippen molar-refractivity contribution in [1.82, 2.24) is 9.97 Å². The number of halogens is 2.